The van der Waals surface area contributed by atoms with E-state index >= 15 is 0 Å². The maximum atomic E-state index is 13.2. The number of hydrogen-bond donors (Lipinski definition) is 5. The molecule has 5 aromatic rings. The van der Waals surface area contributed by atoms with Gasteiger partial charge in [0, 0.05) is 36.2 Å². The number of allylic oxidation sites excluding steroid dienone is 4. The first-order valence-corrected chi connectivity index (χ1v) is 12.5. The molecule has 41 heavy (non-hydrogen) atoms. The average molecular weight is 555 g/mol. The molecule has 1 aliphatic carbocycles. The van der Waals surface area contributed by atoms with Gasteiger partial charge < -0.3 is 39.1 Å². The van der Waals surface area contributed by atoms with Crippen molar-refractivity contribution >= 4 is 27.5 Å². The smallest absolute Gasteiger partial charge is 0.197 e. The van der Waals surface area contributed by atoms with Crippen molar-refractivity contribution in [2.24, 2.45) is 0 Å². The second-order valence-corrected chi connectivity index (χ2v) is 9.51. The van der Waals surface area contributed by atoms with Gasteiger partial charge in [0.15, 0.2) is 16.4 Å². The van der Waals surface area contributed by atoms with Crippen molar-refractivity contribution in [3.05, 3.63) is 92.6 Å². The maximum Gasteiger partial charge on any atom is 0.197 e. The molecule has 0 spiro atoms. The molecule has 2 heterocycles. The van der Waals surface area contributed by atoms with Crippen LogP contribution in [0.4, 0.5) is 0 Å². The zero-order valence-electron chi connectivity index (χ0n) is 21.5. The molecular formula is C31H22O10. The van der Waals surface area contributed by atoms with Crippen molar-refractivity contribution in [2.45, 2.75) is 12.8 Å². The predicted molar refractivity (Wildman–Crippen MR) is 151 cm³/mol. The van der Waals surface area contributed by atoms with Gasteiger partial charge in [-0.25, -0.2) is 0 Å². The van der Waals surface area contributed by atoms with Crippen LogP contribution in [0.5, 0.6) is 28.7 Å². The molecule has 0 fully saturated rings. The first-order valence-electron chi connectivity index (χ1n) is 12.5. The standard InChI is InChI=1S/C31H22O10/c1-39-17-8-4-15(5-9-17)23-12-21(36)27-25(40-23)13-22(37)28(30(27)38)29-19(34)10-18(33)26-20(35)11-24(41-31(26)29)14-2-6-16(32)7-3-14/h2,4-6,8-13,32-34,37-38H,3,7H2,1H3. The fourth-order valence-corrected chi connectivity index (χ4v) is 4.97. The molecule has 0 aliphatic heterocycles. The van der Waals surface area contributed by atoms with Gasteiger partial charge in [0.25, 0.3) is 0 Å². The SMILES string of the molecule is COc1ccc(-c2cc(=O)c3c(O)c(-c4c(O)cc(O)c5c(=O)cc(C6=CC=C(O)CC6)oc45)c(O)cc3o2)cc1. The summed E-state index contributed by atoms with van der Waals surface area (Å²) < 4.78 is 17.0. The topological polar surface area (TPSA) is 171 Å². The number of aromatic hydroxyl groups is 4. The normalized spacial score (nSPS) is 13.3. The van der Waals surface area contributed by atoms with Crippen molar-refractivity contribution in [1.29, 1.82) is 0 Å². The molecule has 6 rings (SSSR count). The number of benzene rings is 3. The molecule has 0 radical (unpaired) electrons. The number of phenols is 4. The van der Waals surface area contributed by atoms with Crippen molar-refractivity contribution in [3.63, 3.8) is 0 Å². The van der Waals surface area contributed by atoms with E-state index < -0.39 is 39.4 Å². The molecule has 2 aromatic heterocycles. The number of hydrogen-bond acceptors (Lipinski definition) is 10. The van der Waals surface area contributed by atoms with E-state index in [1.807, 2.05) is 0 Å². The van der Waals surface area contributed by atoms with Crippen LogP contribution in [0.1, 0.15) is 18.6 Å². The van der Waals surface area contributed by atoms with Gasteiger partial charge in [-0.15, -0.1) is 0 Å². The molecule has 5 N–H and O–H groups in total. The van der Waals surface area contributed by atoms with E-state index in [0.29, 0.717) is 29.7 Å². The minimum atomic E-state index is -0.727. The molecule has 0 saturated carbocycles. The molecule has 1 aliphatic rings. The van der Waals surface area contributed by atoms with E-state index in [1.165, 1.54) is 25.3 Å². The maximum absolute atomic E-state index is 13.2. The Balaban J connectivity index is 1.61. The molecule has 0 bridgehead atoms. The van der Waals surface area contributed by atoms with Gasteiger partial charge in [0.2, 0.25) is 0 Å². The highest BCUT2D eigenvalue weighted by Gasteiger charge is 2.27. The first-order chi connectivity index (χ1) is 19.7. The Morgan fingerprint density at radius 3 is 2.07 bits per heavy atom. The van der Waals surface area contributed by atoms with Crippen LogP contribution in [-0.4, -0.2) is 32.6 Å². The van der Waals surface area contributed by atoms with Gasteiger partial charge >= 0.3 is 0 Å². The third-order valence-electron chi connectivity index (χ3n) is 7.00. The van der Waals surface area contributed by atoms with E-state index in [9.17, 15) is 35.1 Å². The highest BCUT2D eigenvalue weighted by Crippen LogP contribution is 2.49. The van der Waals surface area contributed by atoms with Gasteiger partial charge in [0.05, 0.1) is 24.0 Å². The second kappa shape index (κ2) is 9.53. The number of methoxy groups -OCH3 is 1. The number of aliphatic hydroxyl groups excluding tert-OH is 1. The summed E-state index contributed by atoms with van der Waals surface area (Å²) in [5.41, 5.74) is -1.36. The van der Waals surface area contributed by atoms with Crippen LogP contribution < -0.4 is 15.6 Å². The number of rotatable bonds is 4. The van der Waals surface area contributed by atoms with Gasteiger partial charge in [-0.3, -0.25) is 9.59 Å². The highest BCUT2D eigenvalue weighted by molar-refractivity contribution is 6.05. The number of fused-ring (bicyclic) bond motifs is 2. The number of ether oxygens (including phenoxy) is 1. The van der Waals surface area contributed by atoms with Crippen molar-refractivity contribution in [1.82, 2.24) is 0 Å². The van der Waals surface area contributed by atoms with E-state index in [1.54, 1.807) is 30.3 Å². The van der Waals surface area contributed by atoms with Crippen LogP contribution >= 0.6 is 0 Å². The van der Waals surface area contributed by atoms with Crippen LogP contribution in [0.3, 0.4) is 0 Å². The van der Waals surface area contributed by atoms with Gasteiger partial charge in [0.1, 0.15) is 56.6 Å². The fourth-order valence-electron chi connectivity index (χ4n) is 4.97. The Labute approximate surface area is 230 Å². The lowest BCUT2D eigenvalue weighted by Gasteiger charge is -2.16. The zero-order valence-corrected chi connectivity index (χ0v) is 21.5. The van der Waals surface area contributed by atoms with Crippen LogP contribution in [-0.2, 0) is 0 Å². The van der Waals surface area contributed by atoms with E-state index in [0.717, 1.165) is 12.1 Å². The predicted octanol–water partition coefficient (Wildman–Crippen LogP) is 5.68. The Bertz CT molecular complexity index is 2060. The monoisotopic (exact) mass is 554 g/mol. The molecule has 0 amide bonds. The lowest BCUT2D eigenvalue weighted by molar-refractivity contribution is 0.388. The minimum Gasteiger partial charge on any atom is -0.512 e. The fraction of sp³-hybridized carbons (Fsp3) is 0.0968. The van der Waals surface area contributed by atoms with Crippen LogP contribution in [0.25, 0.3) is 50.0 Å². The Morgan fingerprint density at radius 2 is 1.39 bits per heavy atom. The van der Waals surface area contributed by atoms with Crippen molar-refractivity contribution in [2.75, 3.05) is 7.11 Å². The third kappa shape index (κ3) is 4.22. The lowest BCUT2D eigenvalue weighted by atomic mass is 9.96. The van der Waals surface area contributed by atoms with Crippen LogP contribution in [0.2, 0.25) is 0 Å². The molecule has 3 aromatic carbocycles. The van der Waals surface area contributed by atoms with Gasteiger partial charge in [-0.05, 0) is 42.3 Å². The molecule has 0 unspecified atom stereocenters. The molecule has 206 valence electrons. The van der Waals surface area contributed by atoms with Crippen molar-refractivity contribution < 1.29 is 39.1 Å². The lowest BCUT2D eigenvalue weighted by Crippen LogP contribution is -2.05. The summed E-state index contributed by atoms with van der Waals surface area (Å²) in [6, 6.07) is 11.0. The summed E-state index contributed by atoms with van der Waals surface area (Å²) in [6.45, 7) is 0. The molecule has 10 heteroatoms. The number of aliphatic hydroxyl groups is 1. The van der Waals surface area contributed by atoms with Crippen LogP contribution in [0, 0.1) is 0 Å². The van der Waals surface area contributed by atoms with Gasteiger partial charge in [-0.1, -0.05) is 6.08 Å². The van der Waals surface area contributed by atoms with Gasteiger partial charge in [-0.2, -0.15) is 0 Å². The van der Waals surface area contributed by atoms with E-state index in [4.69, 9.17) is 13.6 Å². The Morgan fingerprint density at radius 1 is 0.707 bits per heavy atom. The Kier molecular flexibility index (Phi) is 5.95. The van der Waals surface area contributed by atoms with E-state index in [-0.39, 0.29) is 44.8 Å². The zero-order chi connectivity index (χ0) is 29.0. The highest BCUT2D eigenvalue weighted by atomic mass is 16.5. The summed E-state index contributed by atoms with van der Waals surface area (Å²) in [4.78, 5) is 26.3. The van der Waals surface area contributed by atoms with Crippen LogP contribution in [0.15, 0.2) is 84.9 Å². The first kappa shape index (κ1) is 25.6. The summed E-state index contributed by atoms with van der Waals surface area (Å²) >= 11 is 0. The Hall–Kier alpha value is -5.64. The largest absolute Gasteiger partial charge is 0.512 e. The molecular weight excluding hydrogens is 532 g/mol. The van der Waals surface area contributed by atoms with Crippen molar-refractivity contribution in [3.8, 4) is 51.2 Å². The quantitative estimate of drug-likeness (QED) is 0.186. The minimum absolute atomic E-state index is 0.0981. The summed E-state index contributed by atoms with van der Waals surface area (Å²) in [5, 5.41) is 52.8. The summed E-state index contributed by atoms with van der Waals surface area (Å²) in [7, 11) is 1.52. The number of phenolic OH excluding ortho intramolecular Hbond substituents is 4. The molecule has 10 nitrogen and oxygen atoms in total. The third-order valence-corrected chi connectivity index (χ3v) is 7.00. The van der Waals surface area contributed by atoms with E-state index in [2.05, 4.69) is 0 Å². The summed E-state index contributed by atoms with van der Waals surface area (Å²) in [6.07, 6.45) is 3.69. The average Bonchev–Trinajstić information content (AvgIpc) is 2.94. The molecule has 0 saturated heterocycles. The summed E-state index contributed by atoms with van der Waals surface area (Å²) in [5.74, 6) is -1.50. The second-order valence-electron chi connectivity index (χ2n) is 9.51. The molecule has 0 atom stereocenters.